The lowest BCUT2D eigenvalue weighted by Gasteiger charge is -2.33. The van der Waals surface area contributed by atoms with Crippen molar-refractivity contribution in [3.63, 3.8) is 0 Å². The van der Waals surface area contributed by atoms with Crippen LogP contribution in [0.2, 0.25) is 0 Å². The monoisotopic (exact) mass is 315 g/mol. The minimum absolute atomic E-state index is 0.200. The lowest BCUT2D eigenvalue weighted by molar-refractivity contribution is -0.138. The average Bonchev–Trinajstić information content (AvgIpc) is 2.56. The van der Waals surface area contributed by atoms with Gasteiger partial charge < -0.3 is 4.74 Å². The first-order valence-electron chi connectivity index (χ1n) is 7.07. The Labute approximate surface area is 133 Å². The third-order valence-electron chi connectivity index (χ3n) is 3.90. The second kappa shape index (κ2) is 6.58. The van der Waals surface area contributed by atoms with Crippen molar-refractivity contribution < 1.29 is 19.1 Å². The molecule has 7 nitrogen and oxygen atoms in total. The highest BCUT2D eigenvalue weighted by Gasteiger charge is 2.38. The van der Waals surface area contributed by atoms with Crippen LogP contribution in [0, 0.1) is 6.57 Å². The summed E-state index contributed by atoms with van der Waals surface area (Å²) in [6.07, 6.45) is 0.620. The van der Waals surface area contributed by atoms with Crippen LogP contribution in [0.4, 0.5) is 5.69 Å². The molecule has 1 saturated heterocycles. The Kier molecular flexibility index (Phi) is 4.77. The van der Waals surface area contributed by atoms with Gasteiger partial charge in [0.1, 0.15) is 0 Å². The smallest absolute Gasteiger partial charge is 0.338 e. The number of ether oxygens (including phenoxy) is 1. The third-order valence-corrected chi connectivity index (χ3v) is 3.90. The van der Waals surface area contributed by atoms with E-state index in [4.69, 9.17) is 11.3 Å². The molecular weight excluding hydrogens is 298 g/mol. The Bertz CT molecular complexity index is 708. The number of esters is 1. The molecule has 2 rings (SSSR count). The van der Waals surface area contributed by atoms with Crippen molar-refractivity contribution in [1.29, 1.82) is 0 Å². The van der Waals surface area contributed by atoms with Crippen LogP contribution in [0.25, 0.3) is 4.85 Å². The van der Waals surface area contributed by atoms with E-state index in [2.05, 4.69) is 15.5 Å². The fourth-order valence-electron chi connectivity index (χ4n) is 2.37. The van der Waals surface area contributed by atoms with E-state index >= 15 is 0 Å². The van der Waals surface area contributed by atoms with Gasteiger partial charge in [0.25, 0.3) is 0 Å². The zero-order valence-electron chi connectivity index (χ0n) is 12.9. The molecule has 0 bridgehead atoms. The number of carbonyl (C=O) groups is 3. The minimum atomic E-state index is -0.907. The van der Waals surface area contributed by atoms with Crippen molar-refractivity contribution in [3.05, 3.63) is 40.7 Å². The molecule has 23 heavy (non-hydrogen) atoms. The third kappa shape index (κ3) is 3.55. The van der Waals surface area contributed by atoms with Gasteiger partial charge in [-0.15, -0.1) is 0 Å². The fourth-order valence-corrected chi connectivity index (χ4v) is 2.37. The van der Waals surface area contributed by atoms with Gasteiger partial charge in [-0.3, -0.25) is 20.2 Å². The predicted octanol–water partition coefficient (Wildman–Crippen LogP) is 1.31. The molecule has 0 saturated carbocycles. The Morgan fingerprint density at radius 2 is 2.22 bits per heavy atom. The number of amides is 2. The number of nitrogens with one attached hydrogen (secondary N) is 2. The summed E-state index contributed by atoms with van der Waals surface area (Å²) in [5.74, 6) is -1.19. The van der Waals surface area contributed by atoms with Gasteiger partial charge in [-0.1, -0.05) is 18.2 Å². The first kappa shape index (κ1) is 16.6. The van der Waals surface area contributed by atoms with Crippen molar-refractivity contribution in [2.45, 2.75) is 31.8 Å². The summed E-state index contributed by atoms with van der Waals surface area (Å²) in [5.41, 5.74) is 0.387. The van der Waals surface area contributed by atoms with E-state index in [0.717, 1.165) is 0 Å². The lowest BCUT2D eigenvalue weighted by Crippen LogP contribution is -2.59. The van der Waals surface area contributed by atoms with E-state index in [0.29, 0.717) is 23.2 Å². The van der Waals surface area contributed by atoms with Crippen molar-refractivity contribution in [2.75, 3.05) is 7.11 Å². The van der Waals surface area contributed by atoms with Gasteiger partial charge in [0.15, 0.2) is 5.69 Å². The van der Waals surface area contributed by atoms with Gasteiger partial charge in [-0.25, -0.2) is 9.64 Å². The molecule has 0 unspecified atom stereocenters. The summed E-state index contributed by atoms with van der Waals surface area (Å²) < 4.78 is 4.73. The second-order valence-corrected chi connectivity index (χ2v) is 5.51. The number of carbonyl (C=O) groups excluding carboxylic acids is 3. The van der Waals surface area contributed by atoms with Crippen molar-refractivity contribution >= 4 is 23.5 Å². The Balaban J connectivity index is 2.22. The van der Waals surface area contributed by atoms with Gasteiger partial charge in [0.05, 0.1) is 24.8 Å². The predicted molar refractivity (Wildman–Crippen MR) is 81.7 cm³/mol. The van der Waals surface area contributed by atoms with E-state index < -0.39 is 17.4 Å². The molecule has 1 heterocycles. The number of nitrogens with zero attached hydrogens (tertiary/aromatic N) is 1. The van der Waals surface area contributed by atoms with Crippen molar-refractivity contribution in [3.8, 4) is 0 Å². The van der Waals surface area contributed by atoms with Crippen LogP contribution in [0.15, 0.2) is 18.2 Å². The first-order chi connectivity index (χ1) is 10.9. The van der Waals surface area contributed by atoms with Gasteiger partial charge in [0.2, 0.25) is 11.8 Å². The van der Waals surface area contributed by atoms with Gasteiger partial charge in [-0.2, -0.15) is 0 Å². The number of benzene rings is 1. The highest BCUT2D eigenvalue weighted by Crippen LogP contribution is 2.22. The maximum Gasteiger partial charge on any atom is 0.338 e. The quantitative estimate of drug-likeness (QED) is 0.497. The number of rotatable bonds is 4. The van der Waals surface area contributed by atoms with E-state index in [-0.39, 0.29) is 18.9 Å². The Morgan fingerprint density at radius 3 is 2.83 bits per heavy atom. The summed E-state index contributed by atoms with van der Waals surface area (Å²) in [7, 11) is 1.28. The molecule has 1 aromatic carbocycles. The molecular formula is C16H17N3O4. The van der Waals surface area contributed by atoms with Gasteiger partial charge in [-0.05, 0) is 18.9 Å². The van der Waals surface area contributed by atoms with Gasteiger partial charge >= 0.3 is 5.97 Å². The van der Waals surface area contributed by atoms with E-state index in [1.54, 1.807) is 13.0 Å². The van der Waals surface area contributed by atoms with E-state index in [1.165, 1.54) is 19.2 Å². The lowest BCUT2D eigenvalue weighted by atomic mass is 9.90. The van der Waals surface area contributed by atoms with Crippen molar-refractivity contribution in [2.24, 2.45) is 0 Å². The molecule has 1 aromatic rings. The van der Waals surface area contributed by atoms with Crippen LogP contribution in [0.1, 0.15) is 35.7 Å². The summed E-state index contributed by atoms with van der Waals surface area (Å²) >= 11 is 0. The van der Waals surface area contributed by atoms with Crippen LogP contribution in [-0.4, -0.2) is 30.4 Å². The standard InChI is InChI=1S/C16H17N3O4/c1-16(7-6-13(20)19-15(16)22)18-9-10-8-11(17-2)4-5-12(10)14(21)23-3/h4-5,8,18H,6-7,9H2,1,3H3,(H,19,20,22)/t16-/m0/s1. The molecule has 1 aliphatic rings. The number of piperidine rings is 1. The Hall–Kier alpha value is -2.72. The summed E-state index contributed by atoms with van der Waals surface area (Å²) in [6.45, 7) is 8.97. The molecule has 0 aromatic heterocycles. The normalized spacial score (nSPS) is 20.6. The van der Waals surface area contributed by atoms with Crippen LogP contribution in [0.5, 0.6) is 0 Å². The summed E-state index contributed by atoms with van der Waals surface area (Å²) in [5, 5.41) is 5.38. The van der Waals surface area contributed by atoms with Crippen LogP contribution in [0.3, 0.4) is 0 Å². The van der Waals surface area contributed by atoms with Crippen LogP contribution >= 0.6 is 0 Å². The minimum Gasteiger partial charge on any atom is -0.465 e. The SMILES string of the molecule is [C-]#[N+]c1ccc(C(=O)OC)c(CN[C@@]2(C)CCC(=O)NC2=O)c1. The second-order valence-electron chi connectivity index (χ2n) is 5.51. The zero-order chi connectivity index (χ0) is 17.0. The molecule has 1 fully saturated rings. The molecule has 2 N–H and O–H groups in total. The summed E-state index contributed by atoms with van der Waals surface area (Å²) in [6, 6.07) is 4.65. The van der Waals surface area contributed by atoms with E-state index in [1.807, 2.05) is 0 Å². The number of methoxy groups -OCH3 is 1. The summed E-state index contributed by atoms with van der Waals surface area (Å²) in [4.78, 5) is 38.4. The number of hydrogen-bond donors (Lipinski definition) is 2. The molecule has 0 radical (unpaired) electrons. The molecule has 1 aliphatic heterocycles. The zero-order valence-corrected chi connectivity index (χ0v) is 12.9. The molecule has 1 atom stereocenters. The van der Waals surface area contributed by atoms with Crippen molar-refractivity contribution in [1.82, 2.24) is 10.6 Å². The highest BCUT2D eigenvalue weighted by molar-refractivity contribution is 6.02. The molecule has 7 heteroatoms. The molecule has 0 aliphatic carbocycles. The number of imide groups is 1. The van der Waals surface area contributed by atoms with Gasteiger partial charge in [0, 0.05) is 13.0 Å². The number of hydrogen-bond acceptors (Lipinski definition) is 5. The van der Waals surface area contributed by atoms with E-state index in [9.17, 15) is 14.4 Å². The maximum absolute atomic E-state index is 12.0. The maximum atomic E-state index is 12.0. The average molecular weight is 315 g/mol. The highest BCUT2D eigenvalue weighted by atomic mass is 16.5. The van der Waals surface area contributed by atoms with Crippen LogP contribution in [-0.2, 0) is 20.9 Å². The Morgan fingerprint density at radius 1 is 1.48 bits per heavy atom. The molecule has 2 amide bonds. The molecule has 0 spiro atoms. The topological polar surface area (TPSA) is 88.9 Å². The fraction of sp³-hybridized carbons (Fsp3) is 0.375. The molecule has 120 valence electrons. The van der Waals surface area contributed by atoms with Crippen LogP contribution < -0.4 is 10.6 Å². The first-order valence-corrected chi connectivity index (χ1v) is 7.07. The largest absolute Gasteiger partial charge is 0.465 e.